The molecule has 1 aliphatic rings. The minimum atomic E-state index is -0.335. The number of carbonyl (C=O) groups is 1. The number of hydrogen-bond acceptors (Lipinski definition) is 2. The zero-order chi connectivity index (χ0) is 21.5. The van der Waals surface area contributed by atoms with Crippen LogP contribution in [0.1, 0.15) is 38.2 Å². The lowest BCUT2D eigenvalue weighted by molar-refractivity contribution is -0.342. The summed E-state index contributed by atoms with van der Waals surface area (Å²) in [5.74, 6) is -0.335. The zero-order valence-corrected chi connectivity index (χ0v) is 17.7. The number of aryl methyl sites for hydroxylation is 2. The zero-order valence-electron chi connectivity index (χ0n) is 17.7. The number of benzene rings is 3. The van der Waals surface area contributed by atoms with Crippen LogP contribution in [0.3, 0.4) is 0 Å². The second-order valence-electron chi connectivity index (χ2n) is 7.95. The van der Waals surface area contributed by atoms with Gasteiger partial charge in [-0.3, -0.25) is 0 Å². The van der Waals surface area contributed by atoms with Gasteiger partial charge in [0.1, 0.15) is 0 Å². The van der Waals surface area contributed by atoms with Crippen molar-refractivity contribution in [1.29, 1.82) is 0 Å². The predicted molar refractivity (Wildman–Crippen MR) is 125 cm³/mol. The van der Waals surface area contributed by atoms with E-state index in [1.807, 2.05) is 24.3 Å². The molecule has 0 atom stereocenters. The van der Waals surface area contributed by atoms with Gasteiger partial charge in [-0.25, -0.2) is 9.79 Å². The Morgan fingerprint density at radius 1 is 0.903 bits per heavy atom. The summed E-state index contributed by atoms with van der Waals surface area (Å²) in [6.07, 6.45) is 4.14. The Morgan fingerprint density at radius 2 is 1.61 bits per heavy atom. The Bertz CT molecular complexity index is 1390. The third-order valence-corrected chi connectivity index (χ3v) is 5.81. The summed E-state index contributed by atoms with van der Waals surface area (Å²) >= 11 is 0. The standard InChI is InChI=1S/C27H22N2O2/c1-16-4-10-20-22(14-28-24(20)12-16)26(18-6-8-19(9-7-18)27(30)31-3)23-15-29-25-13-17(2)5-11-21(23)25/h4-15,28H,1-3H3/p+1/b26-23+. The fourth-order valence-electron chi connectivity index (χ4n) is 4.24. The maximum Gasteiger partial charge on any atom is 0.337 e. The van der Waals surface area contributed by atoms with E-state index < -0.39 is 0 Å². The fraction of sp³-hybridized carbons (Fsp3) is 0.111. The molecule has 0 bridgehead atoms. The van der Waals surface area contributed by atoms with Gasteiger partial charge in [0.25, 0.3) is 0 Å². The number of carbonyl (C=O) groups excluding carboxylic acids is 1. The van der Waals surface area contributed by atoms with E-state index >= 15 is 0 Å². The molecule has 1 aliphatic heterocycles. The number of hydrogen-bond donors (Lipinski definition) is 2. The molecule has 0 saturated carbocycles. The van der Waals surface area contributed by atoms with E-state index in [9.17, 15) is 4.79 Å². The Hall–Kier alpha value is -3.92. The molecule has 4 heteroatoms. The average Bonchev–Trinajstić information content (AvgIpc) is 3.38. The van der Waals surface area contributed by atoms with Crippen LogP contribution in [-0.2, 0) is 4.74 Å². The van der Waals surface area contributed by atoms with Crippen molar-refractivity contribution in [2.75, 3.05) is 7.11 Å². The van der Waals surface area contributed by atoms with Gasteiger partial charge >= 0.3 is 5.97 Å². The summed E-state index contributed by atoms with van der Waals surface area (Å²) in [6.45, 7) is 4.19. The number of H-pyrrole nitrogens is 1. The maximum absolute atomic E-state index is 11.9. The summed E-state index contributed by atoms with van der Waals surface area (Å²) < 4.78 is 4.86. The smallest absolute Gasteiger partial charge is 0.337 e. The molecule has 152 valence electrons. The number of aromatic amines is 1. The largest absolute Gasteiger partial charge is 0.465 e. The number of methoxy groups -OCH3 is 1. The lowest BCUT2D eigenvalue weighted by Gasteiger charge is -2.11. The highest BCUT2D eigenvalue weighted by Gasteiger charge is 2.25. The van der Waals surface area contributed by atoms with Gasteiger partial charge < -0.3 is 9.72 Å². The van der Waals surface area contributed by atoms with E-state index in [2.05, 4.69) is 72.6 Å². The molecule has 5 rings (SSSR count). The third kappa shape index (κ3) is 3.26. The first-order valence-corrected chi connectivity index (χ1v) is 10.3. The van der Waals surface area contributed by atoms with Crippen molar-refractivity contribution in [3.05, 3.63) is 100 Å². The van der Waals surface area contributed by atoms with Crippen molar-refractivity contribution in [2.24, 2.45) is 0 Å². The molecular formula is C27H23N2O2+. The molecule has 0 radical (unpaired) electrons. The molecule has 0 amide bonds. The minimum Gasteiger partial charge on any atom is -0.465 e. The topological polar surface area (TPSA) is 56.1 Å². The first kappa shape index (κ1) is 19.1. The van der Waals surface area contributed by atoms with Crippen LogP contribution in [0, 0.1) is 13.8 Å². The predicted octanol–water partition coefficient (Wildman–Crippen LogP) is 4.33. The van der Waals surface area contributed by atoms with E-state index in [-0.39, 0.29) is 5.97 Å². The second-order valence-corrected chi connectivity index (χ2v) is 7.95. The van der Waals surface area contributed by atoms with Crippen molar-refractivity contribution >= 4 is 39.9 Å². The first-order chi connectivity index (χ1) is 15.0. The lowest BCUT2D eigenvalue weighted by Crippen LogP contribution is -2.58. The number of rotatable bonds is 3. The van der Waals surface area contributed by atoms with Crippen molar-refractivity contribution in [3.63, 3.8) is 0 Å². The molecule has 0 fully saturated rings. The quantitative estimate of drug-likeness (QED) is 0.497. The van der Waals surface area contributed by atoms with Gasteiger partial charge in [-0.05, 0) is 54.8 Å². The van der Waals surface area contributed by atoms with Gasteiger partial charge in [-0.1, -0.05) is 30.3 Å². The minimum absolute atomic E-state index is 0.335. The number of esters is 1. The van der Waals surface area contributed by atoms with Crippen molar-refractivity contribution in [1.82, 2.24) is 4.98 Å². The van der Waals surface area contributed by atoms with Crippen molar-refractivity contribution in [2.45, 2.75) is 13.8 Å². The Kier molecular flexibility index (Phi) is 4.55. The average molecular weight is 407 g/mol. The summed E-state index contributed by atoms with van der Waals surface area (Å²) in [5, 5.41) is 1.17. The van der Waals surface area contributed by atoms with E-state index in [0.29, 0.717) is 5.56 Å². The molecule has 0 saturated heterocycles. The van der Waals surface area contributed by atoms with Gasteiger partial charge in [-0.15, -0.1) is 0 Å². The summed E-state index contributed by atoms with van der Waals surface area (Å²) in [6, 6.07) is 20.5. The van der Waals surface area contributed by atoms with Gasteiger partial charge in [0.15, 0.2) is 6.21 Å². The van der Waals surface area contributed by atoms with Crippen LogP contribution < -0.4 is 4.99 Å². The number of allylic oxidation sites excluding steroid dienone is 1. The van der Waals surface area contributed by atoms with Gasteiger partial charge in [0.2, 0.25) is 5.69 Å². The van der Waals surface area contributed by atoms with Crippen LogP contribution in [-0.4, -0.2) is 24.3 Å². The summed E-state index contributed by atoms with van der Waals surface area (Å²) in [7, 11) is 1.40. The number of fused-ring (bicyclic) bond motifs is 2. The lowest BCUT2D eigenvalue weighted by atomic mass is 9.89. The first-order valence-electron chi connectivity index (χ1n) is 10.3. The van der Waals surface area contributed by atoms with E-state index in [1.54, 1.807) is 0 Å². The van der Waals surface area contributed by atoms with Crippen LogP contribution in [0.25, 0.3) is 22.0 Å². The molecule has 3 aromatic carbocycles. The summed E-state index contributed by atoms with van der Waals surface area (Å²) in [4.78, 5) is 18.8. The second kappa shape index (κ2) is 7.40. The molecule has 0 spiro atoms. The van der Waals surface area contributed by atoms with Crippen LogP contribution in [0.15, 0.2) is 66.9 Å². The number of nitrogens with one attached hydrogen (secondary N) is 2. The van der Waals surface area contributed by atoms with Crippen molar-refractivity contribution < 1.29 is 14.5 Å². The molecule has 2 N–H and O–H groups in total. The van der Waals surface area contributed by atoms with Crippen molar-refractivity contribution in [3.8, 4) is 0 Å². The number of ether oxygens (including phenoxy) is 1. The maximum atomic E-state index is 11.9. The van der Waals surface area contributed by atoms with Gasteiger partial charge in [0.05, 0.1) is 23.8 Å². The van der Waals surface area contributed by atoms with E-state index in [1.165, 1.54) is 29.2 Å². The normalized spacial score (nSPS) is 14.0. The molecule has 4 nitrogen and oxygen atoms in total. The van der Waals surface area contributed by atoms with Crippen LogP contribution >= 0.6 is 0 Å². The van der Waals surface area contributed by atoms with Crippen LogP contribution in [0.2, 0.25) is 0 Å². The van der Waals surface area contributed by atoms with E-state index in [0.717, 1.165) is 33.5 Å². The Morgan fingerprint density at radius 3 is 2.39 bits per heavy atom. The van der Waals surface area contributed by atoms with E-state index in [4.69, 9.17) is 4.74 Å². The molecular weight excluding hydrogens is 384 g/mol. The highest BCUT2D eigenvalue weighted by Crippen LogP contribution is 2.38. The Labute approximate surface area is 180 Å². The molecule has 2 heterocycles. The molecule has 31 heavy (non-hydrogen) atoms. The molecule has 1 aromatic heterocycles. The molecule has 0 aliphatic carbocycles. The fourth-order valence-corrected chi connectivity index (χ4v) is 4.24. The van der Waals surface area contributed by atoms with Crippen LogP contribution in [0.5, 0.6) is 0 Å². The third-order valence-electron chi connectivity index (χ3n) is 5.81. The highest BCUT2D eigenvalue weighted by molar-refractivity contribution is 6.24. The highest BCUT2D eigenvalue weighted by atomic mass is 16.5. The molecule has 4 aromatic rings. The summed E-state index contributed by atoms with van der Waals surface area (Å²) in [5.41, 5.74) is 10.7. The van der Waals surface area contributed by atoms with Crippen LogP contribution in [0.4, 0.5) is 5.69 Å². The van der Waals surface area contributed by atoms with Gasteiger partial charge in [-0.2, -0.15) is 0 Å². The SMILES string of the molecule is COC(=O)c1ccc(/C(=C2/C=[NH+]c3cc(C)ccc32)c2c[nH]c3cc(C)ccc23)cc1. The Balaban J connectivity index is 1.77. The molecule has 0 unspecified atom stereocenters. The number of aromatic nitrogens is 1. The monoisotopic (exact) mass is 407 g/mol. The van der Waals surface area contributed by atoms with Gasteiger partial charge in [0, 0.05) is 34.3 Å².